The topological polar surface area (TPSA) is 120 Å². The molecule has 236 valence electrons. The minimum Gasteiger partial charge on any atom is -0.495 e. The van der Waals surface area contributed by atoms with Crippen LogP contribution in [0.3, 0.4) is 0 Å². The molecule has 0 saturated carbocycles. The summed E-state index contributed by atoms with van der Waals surface area (Å²) in [6, 6.07) is 13.9. The molecule has 0 fully saturated rings. The summed E-state index contributed by atoms with van der Waals surface area (Å²) < 4.78 is 16.7. The van der Waals surface area contributed by atoms with Crippen LogP contribution in [0.2, 0.25) is 5.02 Å². The first-order valence-corrected chi connectivity index (χ1v) is 15.1. The highest BCUT2D eigenvalue weighted by Crippen LogP contribution is 2.25. The number of halogens is 1. The van der Waals surface area contributed by atoms with E-state index >= 15 is 0 Å². The molecule has 3 rings (SSSR count). The molecule has 10 heteroatoms. The van der Waals surface area contributed by atoms with Crippen LogP contribution in [0.15, 0.2) is 66.8 Å². The summed E-state index contributed by atoms with van der Waals surface area (Å²) in [4.78, 5) is 52.4. The number of nitrogens with one attached hydrogen (secondary N) is 2. The number of rotatable bonds is 8. The summed E-state index contributed by atoms with van der Waals surface area (Å²) in [6.45, 7) is 5.38. The fraction of sp³-hybridized carbons (Fsp3) is 0.412. The van der Waals surface area contributed by atoms with Gasteiger partial charge in [0.05, 0.1) is 18.1 Å². The molecule has 0 aliphatic carbocycles. The van der Waals surface area contributed by atoms with Gasteiger partial charge in [0.2, 0.25) is 11.8 Å². The highest BCUT2D eigenvalue weighted by atomic mass is 35.5. The molecular weight excluding hydrogens is 584 g/mol. The van der Waals surface area contributed by atoms with Gasteiger partial charge in [-0.2, -0.15) is 0 Å². The van der Waals surface area contributed by atoms with Crippen molar-refractivity contribution in [1.82, 2.24) is 10.6 Å². The first-order valence-electron chi connectivity index (χ1n) is 14.8. The summed E-state index contributed by atoms with van der Waals surface area (Å²) in [5.74, 6) is -2.48. The smallest absolute Gasteiger partial charge is 0.347 e. The maximum atomic E-state index is 13.2. The first kappa shape index (κ1) is 34.4. The molecule has 0 spiro atoms. The number of amides is 2. The number of hydrogen-bond donors (Lipinski definition) is 2. The van der Waals surface area contributed by atoms with Gasteiger partial charge in [-0.25, -0.2) is 4.79 Å². The van der Waals surface area contributed by atoms with Gasteiger partial charge in [-0.1, -0.05) is 87.0 Å². The van der Waals surface area contributed by atoms with E-state index in [4.69, 9.17) is 25.8 Å². The van der Waals surface area contributed by atoms with Crippen LogP contribution in [0.4, 0.5) is 0 Å². The Bertz CT molecular complexity index is 1340. The largest absolute Gasteiger partial charge is 0.495 e. The summed E-state index contributed by atoms with van der Waals surface area (Å²) in [6.07, 6.45) is 6.03. The molecule has 2 amide bonds. The Morgan fingerprint density at radius 3 is 2.48 bits per heavy atom. The van der Waals surface area contributed by atoms with Gasteiger partial charge in [-0.3, -0.25) is 14.4 Å². The molecule has 2 N–H and O–H groups in total. The third-order valence-corrected chi connectivity index (χ3v) is 7.24. The third kappa shape index (κ3) is 11.2. The maximum Gasteiger partial charge on any atom is 0.347 e. The monoisotopic (exact) mass is 624 g/mol. The lowest BCUT2D eigenvalue weighted by atomic mass is 10.0. The predicted molar refractivity (Wildman–Crippen MR) is 169 cm³/mol. The molecule has 44 heavy (non-hydrogen) atoms. The lowest BCUT2D eigenvalue weighted by Gasteiger charge is -2.24. The van der Waals surface area contributed by atoms with E-state index in [1.165, 1.54) is 13.2 Å². The zero-order valence-corrected chi connectivity index (χ0v) is 26.3. The Hall–Kier alpha value is -4.11. The molecule has 0 saturated heterocycles. The van der Waals surface area contributed by atoms with Crippen molar-refractivity contribution in [2.24, 2.45) is 11.8 Å². The lowest BCUT2D eigenvalue weighted by molar-refractivity contribution is -0.174. The maximum absolute atomic E-state index is 13.2. The molecule has 1 heterocycles. The molecule has 0 aromatic heterocycles. The molecule has 4 atom stereocenters. The van der Waals surface area contributed by atoms with Crippen LogP contribution in [0, 0.1) is 11.8 Å². The number of methoxy groups -OCH3 is 1. The Morgan fingerprint density at radius 2 is 1.80 bits per heavy atom. The number of esters is 2. The zero-order valence-electron chi connectivity index (χ0n) is 25.6. The third-order valence-electron chi connectivity index (χ3n) is 6.94. The fourth-order valence-corrected chi connectivity index (χ4v) is 4.80. The van der Waals surface area contributed by atoms with E-state index in [1.807, 2.05) is 56.3 Å². The van der Waals surface area contributed by atoms with E-state index in [-0.39, 0.29) is 31.7 Å². The van der Waals surface area contributed by atoms with Gasteiger partial charge in [-0.15, -0.1) is 0 Å². The van der Waals surface area contributed by atoms with Crippen LogP contribution in [0.1, 0.15) is 51.2 Å². The highest BCUT2D eigenvalue weighted by Gasteiger charge is 2.30. The van der Waals surface area contributed by atoms with E-state index in [2.05, 4.69) is 10.6 Å². The molecule has 2 aromatic carbocycles. The molecule has 0 radical (unpaired) electrons. The number of hydrogen-bond acceptors (Lipinski definition) is 7. The SMILES string of the molecule is COc1ccc(C[C@H]2NC(=O)/C=C/C[C@@H](C/C=C/c3ccccc3)OC(=O)[C@H](CC(C)C)OC(=O)[C@H](C)CNC2=O)cc1Cl. The number of carbonyl (C=O) groups excluding carboxylic acids is 4. The van der Waals surface area contributed by atoms with Gasteiger partial charge in [0.15, 0.2) is 6.10 Å². The van der Waals surface area contributed by atoms with E-state index < -0.39 is 47.9 Å². The number of ether oxygens (including phenoxy) is 3. The van der Waals surface area contributed by atoms with E-state index in [0.29, 0.717) is 22.8 Å². The summed E-state index contributed by atoms with van der Waals surface area (Å²) in [5.41, 5.74) is 1.70. The van der Waals surface area contributed by atoms with Gasteiger partial charge in [0.25, 0.3) is 0 Å². The average molecular weight is 625 g/mol. The van der Waals surface area contributed by atoms with Gasteiger partial charge in [-0.05, 0) is 41.7 Å². The Labute approximate surface area is 264 Å². The normalized spacial score (nSPS) is 23.0. The second-order valence-electron chi connectivity index (χ2n) is 11.2. The minimum absolute atomic E-state index is 0.0492. The first-order chi connectivity index (χ1) is 21.0. The second-order valence-corrected chi connectivity index (χ2v) is 11.6. The minimum atomic E-state index is -1.10. The summed E-state index contributed by atoms with van der Waals surface area (Å²) in [7, 11) is 1.50. The Kier molecular flexibility index (Phi) is 13.5. The number of benzene rings is 2. The van der Waals surface area contributed by atoms with Crippen LogP contribution in [-0.2, 0) is 35.1 Å². The van der Waals surface area contributed by atoms with Crippen LogP contribution in [0.25, 0.3) is 6.08 Å². The molecule has 9 nitrogen and oxygen atoms in total. The standard InChI is InChI=1S/C34H41ClN2O7/c1-22(2)18-30-34(41)43-26(13-8-12-24-10-6-5-7-11-24)14-9-15-31(38)37-28(32(39)36-21-23(3)33(40)44-30)20-25-16-17-29(42-4)27(35)19-25/h5-12,15-17,19,22-23,26,28,30H,13-14,18,20-21H2,1-4H3,(H,36,39)(H,37,38)/b12-8+,15-9+/t23-,26-,28-,30+/m1/s1. The summed E-state index contributed by atoms with van der Waals surface area (Å²) in [5, 5.41) is 5.84. The fourth-order valence-electron chi connectivity index (χ4n) is 4.52. The highest BCUT2D eigenvalue weighted by molar-refractivity contribution is 6.32. The van der Waals surface area contributed by atoms with Crippen molar-refractivity contribution in [2.75, 3.05) is 13.7 Å². The number of carbonyl (C=O) groups is 4. The Balaban J connectivity index is 1.85. The van der Waals surface area contributed by atoms with E-state index in [1.54, 1.807) is 31.2 Å². The van der Waals surface area contributed by atoms with Gasteiger partial charge in [0.1, 0.15) is 17.9 Å². The van der Waals surface area contributed by atoms with E-state index in [0.717, 1.165) is 5.56 Å². The molecule has 1 aliphatic heterocycles. The van der Waals surface area contributed by atoms with Gasteiger partial charge in [0, 0.05) is 25.8 Å². The number of cyclic esters (lactones) is 2. The van der Waals surface area contributed by atoms with Gasteiger partial charge >= 0.3 is 11.9 Å². The molecule has 1 aliphatic rings. The van der Waals surface area contributed by atoms with Crippen molar-refractivity contribution in [3.05, 3.63) is 82.9 Å². The second kappa shape index (κ2) is 17.3. The van der Waals surface area contributed by atoms with Gasteiger partial charge < -0.3 is 24.8 Å². The van der Waals surface area contributed by atoms with Crippen LogP contribution < -0.4 is 15.4 Å². The van der Waals surface area contributed by atoms with Crippen molar-refractivity contribution < 1.29 is 33.4 Å². The Morgan fingerprint density at radius 1 is 1.05 bits per heavy atom. The average Bonchev–Trinajstić information content (AvgIpc) is 2.98. The van der Waals surface area contributed by atoms with Crippen LogP contribution in [-0.4, -0.2) is 55.7 Å². The van der Waals surface area contributed by atoms with Crippen LogP contribution >= 0.6 is 11.6 Å². The van der Waals surface area contributed by atoms with Crippen molar-refractivity contribution >= 4 is 41.4 Å². The summed E-state index contributed by atoms with van der Waals surface area (Å²) >= 11 is 6.28. The molecule has 2 aromatic rings. The van der Waals surface area contributed by atoms with Crippen molar-refractivity contribution in [2.45, 2.75) is 64.7 Å². The molecular formula is C34H41ClN2O7. The lowest BCUT2D eigenvalue weighted by Crippen LogP contribution is -2.49. The van der Waals surface area contributed by atoms with Crippen molar-refractivity contribution in [3.8, 4) is 5.75 Å². The van der Waals surface area contributed by atoms with E-state index in [9.17, 15) is 19.2 Å². The van der Waals surface area contributed by atoms with Crippen molar-refractivity contribution in [3.63, 3.8) is 0 Å². The predicted octanol–water partition coefficient (Wildman–Crippen LogP) is 5.06. The quantitative estimate of drug-likeness (QED) is 0.394. The molecule has 0 bridgehead atoms. The van der Waals surface area contributed by atoms with Crippen molar-refractivity contribution in [1.29, 1.82) is 0 Å². The van der Waals surface area contributed by atoms with Crippen LogP contribution in [0.5, 0.6) is 5.75 Å². The molecule has 0 unspecified atom stereocenters. The zero-order chi connectivity index (χ0) is 32.1.